The number of hydrogen-bond acceptors (Lipinski definition) is 5. The molecule has 1 saturated carbocycles. The zero-order valence-electron chi connectivity index (χ0n) is 18.2. The Hall–Kier alpha value is -2.93. The first-order valence-corrected chi connectivity index (χ1v) is 12.7. The highest BCUT2D eigenvalue weighted by atomic mass is 32.2. The van der Waals surface area contributed by atoms with E-state index in [2.05, 4.69) is 53.3 Å². The van der Waals surface area contributed by atoms with E-state index in [4.69, 9.17) is 4.74 Å². The molecule has 0 unspecified atom stereocenters. The number of nitrogens with zero attached hydrogens (tertiary/aromatic N) is 3. The SMILES string of the molecule is Cc1ccc(C2(c3ccc(OCc4ccnc(N5CCCS5(=O)=O)n4)cc3)CCC2)cc1. The maximum absolute atomic E-state index is 12.1. The van der Waals surface area contributed by atoms with Crippen LogP contribution in [0.1, 0.15) is 48.1 Å². The molecule has 2 aliphatic rings. The van der Waals surface area contributed by atoms with Crippen LogP contribution in [0.25, 0.3) is 0 Å². The van der Waals surface area contributed by atoms with Gasteiger partial charge in [-0.25, -0.2) is 22.7 Å². The Morgan fingerprint density at radius 1 is 0.969 bits per heavy atom. The predicted molar refractivity (Wildman–Crippen MR) is 124 cm³/mol. The fraction of sp³-hybridized carbons (Fsp3) is 0.360. The normalized spacial score (nSPS) is 18.8. The molecule has 1 saturated heterocycles. The Balaban J connectivity index is 1.29. The van der Waals surface area contributed by atoms with E-state index < -0.39 is 10.0 Å². The molecule has 1 aromatic heterocycles. The number of anilines is 1. The molecule has 0 N–H and O–H groups in total. The van der Waals surface area contributed by atoms with Crippen LogP contribution in [0.15, 0.2) is 60.8 Å². The van der Waals surface area contributed by atoms with Gasteiger partial charge < -0.3 is 4.74 Å². The third kappa shape index (κ3) is 3.86. The zero-order valence-corrected chi connectivity index (χ0v) is 19.0. The van der Waals surface area contributed by atoms with Crippen molar-refractivity contribution in [3.63, 3.8) is 0 Å². The van der Waals surface area contributed by atoms with Gasteiger partial charge >= 0.3 is 0 Å². The van der Waals surface area contributed by atoms with Gasteiger partial charge in [-0.3, -0.25) is 0 Å². The van der Waals surface area contributed by atoms with Gasteiger partial charge in [0.25, 0.3) is 0 Å². The molecule has 7 heteroatoms. The first kappa shape index (κ1) is 20.9. The minimum atomic E-state index is -3.30. The molecule has 3 aromatic rings. The third-order valence-corrected chi connectivity index (χ3v) is 8.45. The summed E-state index contributed by atoms with van der Waals surface area (Å²) in [4.78, 5) is 8.54. The standard InChI is InChI=1S/C25H27N3O3S/c1-19-4-6-20(7-5-19)25(13-2-14-25)21-8-10-23(11-9-21)31-18-22-12-15-26-24(27-22)28-16-3-17-32(28,29)30/h4-12,15H,2-3,13-14,16-18H2,1H3. The molecule has 0 atom stereocenters. The van der Waals surface area contributed by atoms with Crippen molar-refractivity contribution in [3.8, 4) is 5.75 Å². The van der Waals surface area contributed by atoms with Crippen LogP contribution in [0.2, 0.25) is 0 Å². The predicted octanol–water partition coefficient (Wildman–Crippen LogP) is 4.37. The van der Waals surface area contributed by atoms with Crippen LogP contribution in [0, 0.1) is 6.92 Å². The van der Waals surface area contributed by atoms with E-state index in [0.29, 0.717) is 18.7 Å². The molecule has 1 aliphatic heterocycles. The highest BCUT2D eigenvalue weighted by molar-refractivity contribution is 7.93. The number of aryl methyl sites for hydroxylation is 1. The fourth-order valence-electron chi connectivity index (χ4n) is 4.62. The Morgan fingerprint density at radius 3 is 2.25 bits per heavy atom. The second kappa shape index (κ2) is 8.20. The fourth-order valence-corrected chi connectivity index (χ4v) is 6.08. The largest absolute Gasteiger partial charge is 0.487 e. The van der Waals surface area contributed by atoms with E-state index in [1.807, 2.05) is 12.1 Å². The smallest absolute Gasteiger partial charge is 0.239 e. The van der Waals surface area contributed by atoms with E-state index in [1.165, 1.54) is 40.3 Å². The van der Waals surface area contributed by atoms with Crippen molar-refractivity contribution >= 4 is 16.0 Å². The van der Waals surface area contributed by atoms with Gasteiger partial charge in [-0.2, -0.15) is 0 Å². The molecule has 5 rings (SSSR count). The maximum atomic E-state index is 12.1. The van der Waals surface area contributed by atoms with Gasteiger partial charge in [-0.1, -0.05) is 48.4 Å². The van der Waals surface area contributed by atoms with Crippen molar-refractivity contribution < 1.29 is 13.2 Å². The Bertz CT molecular complexity index is 1200. The van der Waals surface area contributed by atoms with E-state index in [1.54, 1.807) is 12.3 Å². The summed E-state index contributed by atoms with van der Waals surface area (Å²) in [6.45, 7) is 2.80. The molecule has 2 fully saturated rings. The zero-order chi connectivity index (χ0) is 22.2. The van der Waals surface area contributed by atoms with Crippen LogP contribution in [0.3, 0.4) is 0 Å². The second-order valence-electron chi connectivity index (χ2n) is 8.70. The van der Waals surface area contributed by atoms with Gasteiger partial charge in [-0.05, 0) is 55.5 Å². The third-order valence-electron chi connectivity index (χ3n) is 6.63. The Kier molecular flexibility index (Phi) is 5.37. The number of ether oxygens (including phenoxy) is 1. The highest BCUT2D eigenvalue weighted by Gasteiger charge is 2.40. The van der Waals surface area contributed by atoms with Crippen LogP contribution < -0.4 is 9.04 Å². The average Bonchev–Trinajstić information content (AvgIpc) is 3.13. The van der Waals surface area contributed by atoms with Gasteiger partial charge in [0.15, 0.2) is 0 Å². The molecule has 0 radical (unpaired) electrons. The van der Waals surface area contributed by atoms with Crippen molar-refractivity contribution in [1.29, 1.82) is 0 Å². The van der Waals surface area contributed by atoms with Crippen LogP contribution >= 0.6 is 0 Å². The van der Waals surface area contributed by atoms with Crippen molar-refractivity contribution in [3.05, 3.63) is 83.2 Å². The number of aromatic nitrogens is 2. The van der Waals surface area contributed by atoms with E-state index >= 15 is 0 Å². The van der Waals surface area contributed by atoms with Crippen molar-refractivity contribution in [2.45, 2.75) is 44.6 Å². The van der Waals surface area contributed by atoms with Crippen LogP contribution in [-0.2, 0) is 22.0 Å². The lowest BCUT2D eigenvalue weighted by atomic mass is 9.60. The second-order valence-corrected chi connectivity index (χ2v) is 10.7. The molecular formula is C25H27N3O3S. The number of rotatable bonds is 6. The van der Waals surface area contributed by atoms with Crippen molar-refractivity contribution in [2.24, 2.45) is 0 Å². The van der Waals surface area contributed by atoms with Gasteiger partial charge in [0.1, 0.15) is 12.4 Å². The lowest BCUT2D eigenvalue weighted by molar-refractivity contribution is 0.294. The lowest BCUT2D eigenvalue weighted by Crippen LogP contribution is -2.35. The molecule has 2 heterocycles. The van der Waals surface area contributed by atoms with Gasteiger partial charge in [-0.15, -0.1) is 0 Å². The first-order chi connectivity index (χ1) is 15.5. The number of hydrogen-bond donors (Lipinski definition) is 0. The van der Waals surface area contributed by atoms with Crippen LogP contribution in [0.5, 0.6) is 5.75 Å². The van der Waals surface area contributed by atoms with E-state index in [9.17, 15) is 8.42 Å². The highest BCUT2D eigenvalue weighted by Crippen LogP contribution is 2.49. The number of sulfonamides is 1. The number of benzene rings is 2. The van der Waals surface area contributed by atoms with Gasteiger partial charge in [0, 0.05) is 18.2 Å². The summed E-state index contributed by atoms with van der Waals surface area (Å²) >= 11 is 0. The molecule has 32 heavy (non-hydrogen) atoms. The Morgan fingerprint density at radius 2 is 1.66 bits per heavy atom. The minimum absolute atomic E-state index is 0.106. The molecule has 0 spiro atoms. The summed E-state index contributed by atoms with van der Waals surface area (Å²) < 4.78 is 31.5. The molecule has 2 aromatic carbocycles. The summed E-state index contributed by atoms with van der Waals surface area (Å²) in [5.74, 6) is 1.14. The maximum Gasteiger partial charge on any atom is 0.239 e. The lowest BCUT2D eigenvalue weighted by Gasteiger charge is -2.43. The van der Waals surface area contributed by atoms with Crippen LogP contribution in [0.4, 0.5) is 5.95 Å². The molecule has 0 amide bonds. The molecule has 1 aliphatic carbocycles. The molecule has 6 nitrogen and oxygen atoms in total. The quantitative estimate of drug-likeness (QED) is 0.559. The topological polar surface area (TPSA) is 72.4 Å². The average molecular weight is 450 g/mol. The van der Waals surface area contributed by atoms with Crippen LogP contribution in [-0.4, -0.2) is 30.7 Å². The van der Waals surface area contributed by atoms with E-state index in [0.717, 1.165) is 5.75 Å². The Labute approximate surface area is 189 Å². The van der Waals surface area contributed by atoms with E-state index in [-0.39, 0.29) is 23.7 Å². The van der Waals surface area contributed by atoms with Crippen molar-refractivity contribution in [1.82, 2.24) is 9.97 Å². The van der Waals surface area contributed by atoms with Gasteiger partial charge in [0.05, 0.1) is 11.4 Å². The first-order valence-electron chi connectivity index (χ1n) is 11.1. The summed E-state index contributed by atoms with van der Waals surface area (Å²) in [5.41, 5.74) is 4.74. The monoisotopic (exact) mass is 449 g/mol. The molecule has 166 valence electrons. The van der Waals surface area contributed by atoms with Crippen molar-refractivity contribution in [2.75, 3.05) is 16.6 Å². The minimum Gasteiger partial charge on any atom is -0.487 e. The summed E-state index contributed by atoms with van der Waals surface area (Å²) in [7, 11) is -3.30. The van der Waals surface area contributed by atoms with Gasteiger partial charge in [0.2, 0.25) is 16.0 Å². The molecular weight excluding hydrogens is 422 g/mol. The molecule has 0 bridgehead atoms. The summed E-state index contributed by atoms with van der Waals surface area (Å²) in [6.07, 6.45) is 5.76. The summed E-state index contributed by atoms with van der Waals surface area (Å²) in [6, 6.07) is 19.0. The summed E-state index contributed by atoms with van der Waals surface area (Å²) in [5, 5.41) is 0.